The van der Waals surface area contributed by atoms with Crippen LogP contribution in [0.2, 0.25) is 0 Å². The Balaban J connectivity index is 1.65. The smallest absolute Gasteiger partial charge is 0.247 e. The number of hydrogen-bond acceptors (Lipinski definition) is 5. The normalized spacial score (nSPS) is 16.1. The van der Waals surface area contributed by atoms with Gasteiger partial charge in [-0.2, -0.15) is 4.31 Å². The summed E-state index contributed by atoms with van der Waals surface area (Å²) in [6, 6.07) is 10.9. The van der Waals surface area contributed by atoms with Gasteiger partial charge in [-0.25, -0.2) is 13.4 Å². The SMILES string of the molecule is CC(C)[C@@H](C(=O)Nc1cc(S(=O)(=O)N2CCCC2)ccc1O)n1cnc2ccccc21. The van der Waals surface area contributed by atoms with Crippen molar-refractivity contribution in [3.8, 4) is 5.75 Å². The number of benzene rings is 2. The van der Waals surface area contributed by atoms with Gasteiger partial charge in [0, 0.05) is 13.1 Å². The van der Waals surface area contributed by atoms with Crippen molar-refractivity contribution in [3.63, 3.8) is 0 Å². The lowest BCUT2D eigenvalue weighted by molar-refractivity contribution is -0.120. The molecule has 2 heterocycles. The largest absolute Gasteiger partial charge is 0.506 e. The minimum absolute atomic E-state index is 0.0525. The zero-order valence-electron chi connectivity index (χ0n) is 17.5. The number of carbonyl (C=O) groups excluding carboxylic acids is 1. The fourth-order valence-electron chi connectivity index (χ4n) is 4.01. The van der Waals surface area contributed by atoms with E-state index in [1.54, 1.807) is 10.9 Å². The molecule has 2 aromatic carbocycles. The molecule has 8 nitrogen and oxygen atoms in total. The van der Waals surface area contributed by atoms with Crippen molar-refractivity contribution < 1.29 is 18.3 Å². The summed E-state index contributed by atoms with van der Waals surface area (Å²) in [4.78, 5) is 17.7. The maximum atomic E-state index is 13.2. The van der Waals surface area contributed by atoms with Crippen LogP contribution in [0.15, 0.2) is 53.7 Å². The Labute approximate surface area is 181 Å². The summed E-state index contributed by atoms with van der Waals surface area (Å²) >= 11 is 0. The molecule has 0 radical (unpaired) electrons. The molecule has 1 aliphatic heterocycles. The van der Waals surface area contributed by atoms with E-state index < -0.39 is 16.1 Å². The monoisotopic (exact) mass is 442 g/mol. The lowest BCUT2D eigenvalue weighted by atomic mass is 10.0. The van der Waals surface area contributed by atoms with E-state index in [1.807, 2.05) is 38.1 Å². The summed E-state index contributed by atoms with van der Waals surface area (Å²) in [7, 11) is -3.67. The van der Waals surface area contributed by atoms with Crippen molar-refractivity contribution in [3.05, 3.63) is 48.8 Å². The van der Waals surface area contributed by atoms with E-state index in [1.165, 1.54) is 22.5 Å². The highest BCUT2D eigenvalue weighted by molar-refractivity contribution is 7.89. The van der Waals surface area contributed by atoms with Crippen LogP contribution in [0, 0.1) is 5.92 Å². The van der Waals surface area contributed by atoms with E-state index in [0.29, 0.717) is 13.1 Å². The first kappa shape index (κ1) is 21.3. The van der Waals surface area contributed by atoms with E-state index in [0.717, 1.165) is 23.9 Å². The van der Waals surface area contributed by atoms with E-state index >= 15 is 0 Å². The molecule has 0 unspecified atom stereocenters. The number of para-hydroxylation sites is 2. The Bertz CT molecular complexity index is 1210. The molecule has 31 heavy (non-hydrogen) atoms. The van der Waals surface area contributed by atoms with Crippen LogP contribution in [0.4, 0.5) is 5.69 Å². The Morgan fingerprint density at radius 2 is 1.84 bits per heavy atom. The average Bonchev–Trinajstić information content (AvgIpc) is 3.41. The lowest BCUT2D eigenvalue weighted by Gasteiger charge is -2.23. The fraction of sp³-hybridized carbons (Fsp3) is 0.364. The number of phenols is 1. The van der Waals surface area contributed by atoms with Crippen molar-refractivity contribution in [2.45, 2.75) is 37.6 Å². The molecule has 1 fully saturated rings. The Morgan fingerprint density at radius 3 is 2.55 bits per heavy atom. The minimum atomic E-state index is -3.67. The summed E-state index contributed by atoms with van der Waals surface area (Å²) in [5.74, 6) is -0.618. The third-order valence-electron chi connectivity index (χ3n) is 5.61. The molecule has 0 spiro atoms. The fourth-order valence-corrected chi connectivity index (χ4v) is 5.55. The van der Waals surface area contributed by atoms with Gasteiger partial charge in [-0.1, -0.05) is 26.0 Å². The molecule has 1 atom stereocenters. The summed E-state index contributed by atoms with van der Waals surface area (Å²) in [6.07, 6.45) is 3.29. The van der Waals surface area contributed by atoms with E-state index in [4.69, 9.17) is 0 Å². The van der Waals surface area contributed by atoms with Gasteiger partial charge in [-0.05, 0) is 49.1 Å². The minimum Gasteiger partial charge on any atom is -0.506 e. The molecule has 1 aliphatic rings. The number of aromatic hydroxyl groups is 1. The molecule has 1 amide bonds. The van der Waals surface area contributed by atoms with Gasteiger partial charge in [-0.3, -0.25) is 4.79 Å². The standard InChI is InChI=1S/C22H26N4O4S/c1-15(2)21(26-14-23-17-7-3-4-8-19(17)26)22(28)24-18-13-16(9-10-20(18)27)31(29,30)25-11-5-6-12-25/h3-4,7-10,13-15,21,27H,5-6,11-12H2,1-2H3,(H,24,28)/t21-/m0/s1. The second-order valence-electron chi connectivity index (χ2n) is 8.11. The van der Waals surface area contributed by atoms with Gasteiger partial charge in [0.25, 0.3) is 0 Å². The molecule has 1 saturated heterocycles. The molecular formula is C22H26N4O4S. The van der Waals surface area contributed by atoms with Gasteiger partial charge >= 0.3 is 0 Å². The topological polar surface area (TPSA) is 105 Å². The first-order chi connectivity index (χ1) is 14.8. The van der Waals surface area contributed by atoms with Crippen molar-refractivity contribution in [2.75, 3.05) is 18.4 Å². The van der Waals surface area contributed by atoms with Crippen molar-refractivity contribution in [2.24, 2.45) is 5.92 Å². The molecule has 3 aromatic rings. The molecule has 0 bridgehead atoms. The summed E-state index contributed by atoms with van der Waals surface area (Å²) in [5, 5.41) is 13.0. The van der Waals surface area contributed by atoms with Crippen LogP contribution in [-0.4, -0.2) is 46.4 Å². The van der Waals surface area contributed by atoms with Crippen LogP contribution in [0.1, 0.15) is 32.7 Å². The molecule has 2 N–H and O–H groups in total. The van der Waals surface area contributed by atoms with E-state index in [9.17, 15) is 18.3 Å². The predicted octanol–water partition coefficient (Wildman–Crippen LogP) is 3.36. The molecule has 164 valence electrons. The maximum absolute atomic E-state index is 13.2. The molecule has 0 saturated carbocycles. The summed E-state index contributed by atoms with van der Waals surface area (Å²) in [5.41, 5.74) is 1.67. The number of fused-ring (bicyclic) bond motifs is 1. The molecule has 4 rings (SSSR count). The van der Waals surface area contributed by atoms with E-state index in [-0.39, 0.29) is 28.2 Å². The number of imidazole rings is 1. The quantitative estimate of drug-likeness (QED) is 0.570. The van der Waals surface area contributed by atoms with E-state index in [2.05, 4.69) is 10.3 Å². The van der Waals surface area contributed by atoms with Crippen LogP contribution in [0.3, 0.4) is 0 Å². The van der Waals surface area contributed by atoms with Gasteiger partial charge in [0.2, 0.25) is 15.9 Å². The molecular weight excluding hydrogens is 416 g/mol. The third-order valence-corrected chi connectivity index (χ3v) is 7.50. The number of phenolic OH excluding ortho intramolecular Hbond substituents is 1. The second-order valence-corrected chi connectivity index (χ2v) is 10.0. The van der Waals surface area contributed by atoms with Crippen LogP contribution in [0.25, 0.3) is 11.0 Å². The maximum Gasteiger partial charge on any atom is 0.247 e. The summed E-state index contributed by atoms with van der Waals surface area (Å²) < 4.78 is 29.0. The molecule has 1 aromatic heterocycles. The number of sulfonamides is 1. The zero-order chi connectivity index (χ0) is 22.2. The average molecular weight is 443 g/mol. The number of carbonyl (C=O) groups is 1. The van der Waals surface area contributed by atoms with Crippen molar-refractivity contribution in [1.29, 1.82) is 0 Å². The van der Waals surface area contributed by atoms with Crippen LogP contribution in [0.5, 0.6) is 5.75 Å². The highest BCUT2D eigenvalue weighted by Crippen LogP contribution is 2.31. The van der Waals surface area contributed by atoms with Crippen LogP contribution in [-0.2, 0) is 14.8 Å². The zero-order valence-corrected chi connectivity index (χ0v) is 18.3. The molecule has 9 heteroatoms. The predicted molar refractivity (Wildman–Crippen MR) is 118 cm³/mol. The Kier molecular flexibility index (Phi) is 5.72. The highest BCUT2D eigenvalue weighted by Gasteiger charge is 2.29. The summed E-state index contributed by atoms with van der Waals surface area (Å²) in [6.45, 7) is 4.81. The number of amides is 1. The van der Waals surface area contributed by atoms with Crippen molar-refractivity contribution in [1.82, 2.24) is 13.9 Å². The number of aromatic nitrogens is 2. The Hall–Kier alpha value is -2.91. The number of nitrogens with zero attached hydrogens (tertiary/aromatic N) is 3. The Morgan fingerprint density at radius 1 is 1.13 bits per heavy atom. The number of nitrogens with one attached hydrogen (secondary N) is 1. The third kappa shape index (κ3) is 4.03. The second kappa shape index (κ2) is 8.32. The number of hydrogen-bond donors (Lipinski definition) is 2. The number of rotatable bonds is 6. The highest BCUT2D eigenvalue weighted by atomic mass is 32.2. The van der Waals surface area contributed by atoms with Gasteiger partial charge in [0.1, 0.15) is 11.8 Å². The first-order valence-electron chi connectivity index (χ1n) is 10.3. The van der Waals surface area contributed by atoms with Crippen LogP contribution < -0.4 is 5.32 Å². The van der Waals surface area contributed by atoms with Gasteiger partial charge in [-0.15, -0.1) is 0 Å². The van der Waals surface area contributed by atoms with Crippen molar-refractivity contribution >= 4 is 32.7 Å². The molecule has 0 aliphatic carbocycles. The first-order valence-corrected chi connectivity index (χ1v) is 11.8. The lowest BCUT2D eigenvalue weighted by Crippen LogP contribution is -2.30. The number of anilines is 1. The van der Waals surface area contributed by atoms with Gasteiger partial charge < -0.3 is 15.0 Å². The van der Waals surface area contributed by atoms with Gasteiger partial charge in [0.05, 0.1) is 27.9 Å². The van der Waals surface area contributed by atoms with Gasteiger partial charge in [0.15, 0.2) is 0 Å². The van der Waals surface area contributed by atoms with Crippen LogP contribution >= 0.6 is 0 Å².